The summed E-state index contributed by atoms with van der Waals surface area (Å²) in [5.74, 6) is -4.22. The van der Waals surface area contributed by atoms with Gasteiger partial charge in [-0.2, -0.15) is 11.8 Å². The number of hydrogen-bond donors (Lipinski definition) is 8. The van der Waals surface area contributed by atoms with E-state index in [0.29, 0.717) is 11.3 Å². The Bertz CT molecular complexity index is 1120. The van der Waals surface area contributed by atoms with E-state index in [1.54, 1.807) is 18.5 Å². The molecule has 1 heterocycles. The van der Waals surface area contributed by atoms with Crippen molar-refractivity contribution in [3.05, 3.63) is 36.0 Å². The average Bonchev–Trinajstić information content (AvgIpc) is 3.27. The van der Waals surface area contributed by atoms with Crippen LogP contribution in [0.15, 0.2) is 30.5 Å². The van der Waals surface area contributed by atoms with Crippen molar-refractivity contribution in [2.45, 2.75) is 43.4 Å². The molecule has 1 aromatic carbocycles. The molecule has 202 valence electrons. The molecule has 2 rings (SSSR count). The van der Waals surface area contributed by atoms with Crippen LogP contribution in [0.3, 0.4) is 0 Å². The number of para-hydroxylation sites is 1. The number of carbonyl (C=O) groups is 5. The van der Waals surface area contributed by atoms with Gasteiger partial charge in [-0.3, -0.25) is 19.2 Å². The first kappa shape index (κ1) is 29.6. The number of carboxylic acid groups (broad SMARTS) is 1. The fraction of sp³-hybridized carbons (Fsp3) is 0.435. The van der Waals surface area contributed by atoms with E-state index in [0.717, 1.165) is 10.9 Å². The van der Waals surface area contributed by atoms with E-state index in [2.05, 4.69) is 20.9 Å². The first-order valence-electron chi connectivity index (χ1n) is 11.4. The normalized spacial score (nSPS) is 14.2. The van der Waals surface area contributed by atoms with E-state index < -0.39 is 66.8 Å². The smallest absolute Gasteiger partial charge is 0.326 e. The fourth-order valence-electron chi connectivity index (χ4n) is 3.54. The second kappa shape index (κ2) is 14.2. The predicted octanol–water partition coefficient (Wildman–Crippen LogP) is -1.80. The van der Waals surface area contributed by atoms with Crippen LogP contribution in [0.25, 0.3) is 10.9 Å². The Hall–Kier alpha value is -3.62. The highest BCUT2D eigenvalue weighted by molar-refractivity contribution is 7.98. The van der Waals surface area contributed by atoms with Gasteiger partial charge in [0, 0.05) is 23.5 Å². The molecule has 37 heavy (non-hydrogen) atoms. The van der Waals surface area contributed by atoms with Crippen LogP contribution in [0.4, 0.5) is 0 Å². The summed E-state index contributed by atoms with van der Waals surface area (Å²) < 4.78 is 0. The summed E-state index contributed by atoms with van der Waals surface area (Å²) in [6.07, 6.45) is 3.01. The van der Waals surface area contributed by atoms with Gasteiger partial charge in [-0.1, -0.05) is 18.2 Å². The molecule has 2 aromatic rings. The quantitative estimate of drug-likeness (QED) is 0.128. The van der Waals surface area contributed by atoms with Gasteiger partial charge < -0.3 is 42.6 Å². The summed E-state index contributed by atoms with van der Waals surface area (Å²) in [5.41, 5.74) is 12.2. The van der Waals surface area contributed by atoms with Gasteiger partial charge >= 0.3 is 5.97 Å². The Balaban J connectivity index is 2.32. The van der Waals surface area contributed by atoms with Gasteiger partial charge in [0.15, 0.2) is 0 Å². The highest BCUT2D eigenvalue weighted by Crippen LogP contribution is 2.19. The van der Waals surface area contributed by atoms with Crippen molar-refractivity contribution in [1.82, 2.24) is 20.9 Å². The van der Waals surface area contributed by atoms with Gasteiger partial charge in [0.2, 0.25) is 23.6 Å². The number of aromatic amines is 1. The number of thioether (sulfide) groups is 1. The number of rotatable bonds is 15. The number of aromatic nitrogens is 1. The first-order valence-corrected chi connectivity index (χ1v) is 12.8. The Kier molecular flexibility index (Phi) is 11.4. The number of aliphatic hydroxyl groups excluding tert-OH is 1. The zero-order chi connectivity index (χ0) is 27.5. The van der Waals surface area contributed by atoms with Gasteiger partial charge in [0.1, 0.15) is 24.2 Å². The van der Waals surface area contributed by atoms with Gasteiger partial charge in [-0.25, -0.2) is 4.79 Å². The molecule has 0 bridgehead atoms. The molecule has 0 saturated carbocycles. The number of aliphatic hydroxyl groups is 1. The van der Waals surface area contributed by atoms with Crippen LogP contribution in [0.1, 0.15) is 18.4 Å². The molecule has 4 atom stereocenters. The minimum absolute atomic E-state index is 0.0240. The van der Waals surface area contributed by atoms with E-state index >= 15 is 0 Å². The highest BCUT2D eigenvalue weighted by Gasteiger charge is 2.31. The summed E-state index contributed by atoms with van der Waals surface area (Å²) in [5, 5.41) is 26.6. The number of primary amides is 1. The molecule has 0 saturated heterocycles. The Morgan fingerprint density at radius 1 is 1.00 bits per heavy atom. The number of H-pyrrole nitrogens is 1. The molecule has 0 radical (unpaired) electrons. The molecule has 10 N–H and O–H groups in total. The molecule has 4 unspecified atom stereocenters. The van der Waals surface area contributed by atoms with Crippen LogP contribution in [-0.4, -0.2) is 87.6 Å². The third-order valence-corrected chi connectivity index (χ3v) is 6.17. The number of nitrogens with two attached hydrogens (primary N) is 2. The summed E-state index contributed by atoms with van der Waals surface area (Å²) in [6, 6.07) is 2.01. The van der Waals surface area contributed by atoms with E-state index in [-0.39, 0.29) is 12.8 Å². The van der Waals surface area contributed by atoms with Gasteiger partial charge in [0.25, 0.3) is 0 Å². The number of hydrogen-bond acceptors (Lipinski definition) is 8. The molecule has 13 nitrogen and oxygen atoms in total. The Morgan fingerprint density at radius 2 is 1.62 bits per heavy atom. The Morgan fingerprint density at radius 3 is 2.24 bits per heavy atom. The van der Waals surface area contributed by atoms with Crippen LogP contribution in [0.5, 0.6) is 0 Å². The van der Waals surface area contributed by atoms with Crippen LogP contribution in [0, 0.1) is 0 Å². The van der Waals surface area contributed by atoms with E-state index in [1.807, 2.05) is 18.2 Å². The first-order chi connectivity index (χ1) is 17.6. The fourth-order valence-corrected chi connectivity index (χ4v) is 4.01. The molecule has 0 aliphatic rings. The number of nitrogens with one attached hydrogen (secondary N) is 4. The van der Waals surface area contributed by atoms with Gasteiger partial charge in [0.05, 0.1) is 13.0 Å². The van der Waals surface area contributed by atoms with Gasteiger partial charge in [-0.05, 0) is 30.1 Å². The summed E-state index contributed by atoms with van der Waals surface area (Å²) in [7, 11) is 0. The number of aliphatic carboxylic acids is 1. The number of fused-ring (bicyclic) bond motifs is 1. The van der Waals surface area contributed by atoms with E-state index in [1.165, 1.54) is 11.8 Å². The monoisotopic (exact) mass is 536 g/mol. The molecule has 0 aliphatic carbocycles. The number of carboxylic acids is 1. The van der Waals surface area contributed by atoms with Crippen molar-refractivity contribution in [2.24, 2.45) is 11.5 Å². The van der Waals surface area contributed by atoms with Crippen LogP contribution in [-0.2, 0) is 30.4 Å². The van der Waals surface area contributed by atoms with Crippen molar-refractivity contribution in [3.63, 3.8) is 0 Å². The standard InChI is InChI=1S/C23H32N6O7S/c1-37-7-6-16(23(35)36)27-21(33)17(8-12-10-26-15-5-3-2-4-13(12)15)29-22(34)18(9-19(25)31)28-20(32)14(24)11-30/h2-5,10,14,16-18,26,30H,6-9,11,24H2,1H3,(H2,25,31)(H,27,33)(H,28,32)(H,29,34)(H,35,36). The summed E-state index contributed by atoms with van der Waals surface area (Å²) >= 11 is 1.42. The lowest BCUT2D eigenvalue weighted by molar-refractivity contribution is -0.142. The lowest BCUT2D eigenvalue weighted by atomic mass is 10.0. The van der Waals surface area contributed by atoms with Gasteiger partial charge in [-0.15, -0.1) is 0 Å². The van der Waals surface area contributed by atoms with Crippen molar-refractivity contribution >= 4 is 52.3 Å². The molecule has 1 aromatic heterocycles. The van der Waals surface area contributed by atoms with E-state index in [4.69, 9.17) is 16.6 Å². The van der Waals surface area contributed by atoms with Crippen LogP contribution >= 0.6 is 11.8 Å². The minimum atomic E-state index is -1.48. The molecule has 14 heteroatoms. The molecule has 4 amide bonds. The number of benzene rings is 1. The molecule has 0 fully saturated rings. The second-order valence-electron chi connectivity index (χ2n) is 8.33. The average molecular weight is 537 g/mol. The zero-order valence-electron chi connectivity index (χ0n) is 20.2. The highest BCUT2D eigenvalue weighted by atomic mass is 32.2. The summed E-state index contributed by atoms with van der Waals surface area (Å²) in [4.78, 5) is 64.7. The van der Waals surface area contributed by atoms with Crippen molar-refractivity contribution in [3.8, 4) is 0 Å². The molecular weight excluding hydrogens is 504 g/mol. The minimum Gasteiger partial charge on any atom is -0.480 e. The lowest BCUT2D eigenvalue weighted by Crippen LogP contribution is -2.58. The van der Waals surface area contributed by atoms with Crippen LogP contribution in [0.2, 0.25) is 0 Å². The third kappa shape index (κ3) is 8.77. The zero-order valence-corrected chi connectivity index (χ0v) is 21.0. The SMILES string of the molecule is CSCCC(NC(=O)C(Cc1c[nH]c2ccccc12)NC(=O)C(CC(N)=O)NC(=O)C(N)CO)C(=O)O. The topological polar surface area (TPSA) is 230 Å². The van der Waals surface area contributed by atoms with Crippen molar-refractivity contribution in [2.75, 3.05) is 18.6 Å². The van der Waals surface area contributed by atoms with Crippen molar-refractivity contribution < 1.29 is 34.2 Å². The van der Waals surface area contributed by atoms with Crippen molar-refractivity contribution in [1.29, 1.82) is 0 Å². The third-order valence-electron chi connectivity index (χ3n) is 5.53. The second-order valence-corrected chi connectivity index (χ2v) is 9.31. The van der Waals surface area contributed by atoms with Crippen LogP contribution < -0.4 is 27.4 Å². The molecule has 0 spiro atoms. The molecule has 0 aliphatic heterocycles. The van der Waals surface area contributed by atoms with E-state index in [9.17, 15) is 29.1 Å². The summed E-state index contributed by atoms with van der Waals surface area (Å²) in [6.45, 7) is -0.699. The largest absolute Gasteiger partial charge is 0.480 e. The lowest BCUT2D eigenvalue weighted by Gasteiger charge is -2.24. The maximum Gasteiger partial charge on any atom is 0.326 e. The Labute approximate surface area is 217 Å². The number of amides is 4. The predicted molar refractivity (Wildman–Crippen MR) is 137 cm³/mol. The maximum absolute atomic E-state index is 13.2. The maximum atomic E-state index is 13.2. The molecular formula is C23H32N6O7S. The number of carbonyl (C=O) groups excluding carboxylic acids is 4.